The predicted octanol–water partition coefficient (Wildman–Crippen LogP) is 2.35. The zero-order valence-electron chi connectivity index (χ0n) is 9.33. The number of nitrogens with one attached hydrogen (secondary N) is 1. The highest BCUT2D eigenvalue weighted by molar-refractivity contribution is 5.75. The lowest BCUT2D eigenvalue weighted by Gasteiger charge is -2.00. The maximum absolute atomic E-state index is 8.10. The second kappa shape index (κ2) is 3.93. The van der Waals surface area contributed by atoms with Gasteiger partial charge >= 0.3 is 0 Å². The normalized spacial score (nSPS) is 11.1. The van der Waals surface area contributed by atoms with Crippen molar-refractivity contribution in [1.29, 1.82) is 5.41 Å². The van der Waals surface area contributed by atoms with Crippen molar-refractivity contribution in [1.82, 2.24) is 9.13 Å². The molecule has 0 aliphatic carbocycles. The summed E-state index contributed by atoms with van der Waals surface area (Å²) in [5.41, 5.74) is 2.95. The molecule has 2 rings (SSSR count). The van der Waals surface area contributed by atoms with E-state index in [2.05, 4.69) is 30.5 Å². The third kappa shape index (κ3) is 1.48. The number of fused-ring (bicyclic) bond motifs is 1. The van der Waals surface area contributed by atoms with Crippen LogP contribution in [0.4, 0.5) is 0 Å². The van der Waals surface area contributed by atoms with Gasteiger partial charge in [-0.2, -0.15) is 0 Å². The minimum Gasteiger partial charge on any atom is -0.311 e. The summed E-state index contributed by atoms with van der Waals surface area (Å²) in [5.74, 6) is 0. The van der Waals surface area contributed by atoms with Crippen molar-refractivity contribution in [3.05, 3.63) is 29.9 Å². The van der Waals surface area contributed by atoms with Crippen LogP contribution < -0.4 is 5.62 Å². The number of nitrogens with zero attached hydrogens (tertiary/aromatic N) is 2. The Morgan fingerprint density at radius 1 is 1.07 bits per heavy atom. The Morgan fingerprint density at radius 2 is 1.67 bits per heavy atom. The summed E-state index contributed by atoms with van der Waals surface area (Å²) in [6.45, 7) is 6.01. The van der Waals surface area contributed by atoms with Crippen LogP contribution in [-0.2, 0) is 13.1 Å². The number of hydrogen-bond donors (Lipinski definition) is 1. The first-order chi connectivity index (χ1) is 7.29. The molecule has 3 nitrogen and oxygen atoms in total. The Kier molecular flexibility index (Phi) is 2.62. The minimum absolute atomic E-state index is 0.612. The van der Waals surface area contributed by atoms with Gasteiger partial charge in [0.1, 0.15) is 0 Å². The van der Waals surface area contributed by atoms with Crippen LogP contribution in [-0.4, -0.2) is 9.13 Å². The van der Waals surface area contributed by atoms with E-state index in [1.54, 1.807) is 0 Å². The molecule has 80 valence electrons. The first kappa shape index (κ1) is 10.0. The van der Waals surface area contributed by atoms with E-state index in [1.807, 2.05) is 16.7 Å². The average Bonchev–Trinajstić information content (AvgIpc) is 2.53. The van der Waals surface area contributed by atoms with E-state index >= 15 is 0 Å². The fraction of sp³-hybridized carbons (Fsp3) is 0.417. The third-order valence-electron chi connectivity index (χ3n) is 2.74. The highest BCUT2D eigenvalue weighted by Gasteiger charge is 2.07. The fourth-order valence-corrected chi connectivity index (χ4v) is 2.06. The Balaban J connectivity index is 2.79. The van der Waals surface area contributed by atoms with Crippen molar-refractivity contribution in [3.63, 3.8) is 0 Å². The lowest BCUT2D eigenvalue weighted by atomic mass is 10.3. The summed E-state index contributed by atoms with van der Waals surface area (Å²) in [5, 5.41) is 8.10. The first-order valence-corrected chi connectivity index (χ1v) is 5.52. The summed E-state index contributed by atoms with van der Waals surface area (Å²) in [6.07, 6.45) is 1.06. The quantitative estimate of drug-likeness (QED) is 0.794. The van der Waals surface area contributed by atoms with Crippen molar-refractivity contribution in [2.45, 2.75) is 33.4 Å². The SMILES string of the molecule is CCCn1c(=N)n(CC)c2ccccc21. The van der Waals surface area contributed by atoms with E-state index in [4.69, 9.17) is 5.41 Å². The maximum Gasteiger partial charge on any atom is 0.202 e. The van der Waals surface area contributed by atoms with E-state index in [0.717, 1.165) is 19.5 Å². The van der Waals surface area contributed by atoms with Gasteiger partial charge in [-0.3, -0.25) is 5.41 Å². The lowest BCUT2D eigenvalue weighted by Crippen LogP contribution is -2.23. The van der Waals surface area contributed by atoms with Crippen LogP contribution in [0, 0.1) is 5.41 Å². The van der Waals surface area contributed by atoms with Crippen molar-refractivity contribution in [2.75, 3.05) is 0 Å². The Labute approximate surface area is 89.5 Å². The van der Waals surface area contributed by atoms with Gasteiger partial charge in [0.2, 0.25) is 5.62 Å². The molecule has 0 bridgehead atoms. The molecule has 1 heterocycles. The summed E-state index contributed by atoms with van der Waals surface area (Å²) < 4.78 is 4.13. The second-order valence-corrected chi connectivity index (χ2v) is 3.71. The molecule has 0 fully saturated rings. The van der Waals surface area contributed by atoms with Crippen LogP contribution in [0.1, 0.15) is 20.3 Å². The highest BCUT2D eigenvalue weighted by atomic mass is 15.2. The minimum atomic E-state index is 0.612. The monoisotopic (exact) mass is 203 g/mol. The highest BCUT2D eigenvalue weighted by Crippen LogP contribution is 2.12. The van der Waals surface area contributed by atoms with Gasteiger partial charge in [0.05, 0.1) is 11.0 Å². The molecular formula is C12H17N3. The van der Waals surface area contributed by atoms with Gasteiger partial charge in [0, 0.05) is 13.1 Å². The van der Waals surface area contributed by atoms with E-state index in [9.17, 15) is 0 Å². The zero-order valence-corrected chi connectivity index (χ0v) is 9.33. The van der Waals surface area contributed by atoms with E-state index in [1.165, 1.54) is 11.0 Å². The summed E-state index contributed by atoms with van der Waals surface area (Å²) in [6, 6.07) is 8.25. The van der Waals surface area contributed by atoms with Gasteiger partial charge < -0.3 is 9.13 Å². The topological polar surface area (TPSA) is 33.7 Å². The van der Waals surface area contributed by atoms with Crippen molar-refractivity contribution >= 4 is 11.0 Å². The van der Waals surface area contributed by atoms with Gasteiger partial charge in [-0.1, -0.05) is 19.1 Å². The largest absolute Gasteiger partial charge is 0.311 e. The molecular weight excluding hydrogens is 186 g/mol. The fourth-order valence-electron chi connectivity index (χ4n) is 2.06. The zero-order chi connectivity index (χ0) is 10.8. The van der Waals surface area contributed by atoms with Gasteiger partial charge in [-0.15, -0.1) is 0 Å². The molecule has 0 saturated carbocycles. The number of imidazole rings is 1. The standard InChI is InChI=1S/C12H17N3/c1-3-9-15-11-8-6-5-7-10(11)14(4-2)12(15)13/h5-8,13H,3-4,9H2,1-2H3. The van der Waals surface area contributed by atoms with Crippen molar-refractivity contribution in [3.8, 4) is 0 Å². The smallest absolute Gasteiger partial charge is 0.202 e. The molecule has 15 heavy (non-hydrogen) atoms. The van der Waals surface area contributed by atoms with E-state index in [0.29, 0.717) is 5.62 Å². The van der Waals surface area contributed by atoms with Crippen LogP contribution in [0.2, 0.25) is 0 Å². The van der Waals surface area contributed by atoms with Crippen molar-refractivity contribution in [2.24, 2.45) is 0 Å². The second-order valence-electron chi connectivity index (χ2n) is 3.71. The molecule has 0 aliphatic rings. The number of para-hydroxylation sites is 2. The van der Waals surface area contributed by atoms with Gasteiger partial charge in [-0.05, 0) is 25.5 Å². The van der Waals surface area contributed by atoms with Gasteiger partial charge in [-0.25, -0.2) is 0 Å². The van der Waals surface area contributed by atoms with E-state index < -0.39 is 0 Å². The van der Waals surface area contributed by atoms with Crippen molar-refractivity contribution < 1.29 is 0 Å². The Hall–Kier alpha value is -1.51. The number of benzene rings is 1. The molecule has 0 aliphatic heterocycles. The summed E-state index contributed by atoms with van der Waals surface area (Å²) in [7, 11) is 0. The van der Waals surface area contributed by atoms with Gasteiger partial charge in [0.25, 0.3) is 0 Å². The molecule has 0 amide bonds. The Morgan fingerprint density at radius 3 is 2.20 bits per heavy atom. The maximum atomic E-state index is 8.10. The van der Waals surface area contributed by atoms with Gasteiger partial charge in [0.15, 0.2) is 0 Å². The number of aromatic nitrogens is 2. The molecule has 2 aromatic rings. The van der Waals surface area contributed by atoms with Crippen LogP contribution in [0.3, 0.4) is 0 Å². The molecule has 0 spiro atoms. The molecule has 0 radical (unpaired) electrons. The molecule has 0 unspecified atom stereocenters. The molecule has 1 N–H and O–H groups in total. The number of aryl methyl sites for hydroxylation is 2. The third-order valence-corrected chi connectivity index (χ3v) is 2.74. The molecule has 1 aromatic carbocycles. The average molecular weight is 203 g/mol. The number of rotatable bonds is 3. The number of hydrogen-bond acceptors (Lipinski definition) is 1. The van der Waals surface area contributed by atoms with Crippen LogP contribution in [0.25, 0.3) is 11.0 Å². The summed E-state index contributed by atoms with van der Waals surface area (Å²) in [4.78, 5) is 0. The summed E-state index contributed by atoms with van der Waals surface area (Å²) >= 11 is 0. The van der Waals surface area contributed by atoms with E-state index in [-0.39, 0.29) is 0 Å². The molecule has 3 heteroatoms. The van der Waals surface area contributed by atoms with Crippen LogP contribution in [0.15, 0.2) is 24.3 Å². The predicted molar refractivity (Wildman–Crippen MR) is 61.7 cm³/mol. The lowest BCUT2D eigenvalue weighted by molar-refractivity contribution is 0.604. The van der Waals surface area contributed by atoms with Crippen LogP contribution >= 0.6 is 0 Å². The van der Waals surface area contributed by atoms with Crippen LogP contribution in [0.5, 0.6) is 0 Å². The molecule has 0 saturated heterocycles. The Bertz CT molecular complexity index is 519. The molecule has 1 aromatic heterocycles. The molecule has 0 atom stereocenters. The first-order valence-electron chi connectivity index (χ1n) is 5.52.